The lowest BCUT2D eigenvalue weighted by Crippen LogP contribution is -2.29. The SMILES string of the molecule is CCOC(=O)C(C)(C)CC(c1ccc(OC)cc1)c1c(C)n(C)c2ccccc12. The maximum Gasteiger partial charge on any atom is 0.311 e. The van der Waals surface area contributed by atoms with Crippen molar-refractivity contribution in [2.45, 2.75) is 40.0 Å². The van der Waals surface area contributed by atoms with Crippen molar-refractivity contribution >= 4 is 16.9 Å². The van der Waals surface area contributed by atoms with Gasteiger partial charge in [-0.25, -0.2) is 0 Å². The van der Waals surface area contributed by atoms with Crippen LogP contribution < -0.4 is 4.74 Å². The molecule has 0 aliphatic carbocycles. The van der Waals surface area contributed by atoms with Crippen LogP contribution in [-0.2, 0) is 16.6 Å². The molecule has 154 valence electrons. The van der Waals surface area contributed by atoms with Crippen LogP contribution in [0, 0.1) is 12.3 Å². The fourth-order valence-corrected chi connectivity index (χ4v) is 4.13. The first kappa shape index (κ1) is 21.0. The summed E-state index contributed by atoms with van der Waals surface area (Å²) in [5.41, 5.74) is 4.25. The number of benzene rings is 2. The van der Waals surface area contributed by atoms with Crippen LogP contribution in [0.2, 0.25) is 0 Å². The van der Waals surface area contributed by atoms with E-state index in [-0.39, 0.29) is 11.9 Å². The fourth-order valence-electron chi connectivity index (χ4n) is 4.13. The minimum absolute atomic E-state index is 0.0615. The summed E-state index contributed by atoms with van der Waals surface area (Å²) in [5.74, 6) is 0.731. The number of carbonyl (C=O) groups is 1. The minimum atomic E-state index is -0.607. The number of carbonyl (C=O) groups excluding carboxylic acids is 1. The number of methoxy groups -OCH3 is 1. The number of rotatable bonds is 7. The second-order valence-corrected chi connectivity index (χ2v) is 8.21. The number of para-hydroxylation sites is 1. The largest absolute Gasteiger partial charge is 0.497 e. The molecule has 0 fully saturated rings. The Morgan fingerprint density at radius 3 is 2.38 bits per heavy atom. The van der Waals surface area contributed by atoms with E-state index in [0.717, 1.165) is 5.75 Å². The molecule has 0 saturated carbocycles. The van der Waals surface area contributed by atoms with Gasteiger partial charge in [0, 0.05) is 29.6 Å². The Balaban J connectivity index is 2.16. The number of aryl methyl sites for hydroxylation is 1. The number of aromatic nitrogens is 1. The zero-order valence-electron chi connectivity index (χ0n) is 18.3. The molecule has 0 spiro atoms. The van der Waals surface area contributed by atoms with E-state index in [2.05, 4.69) is 54.9 Å². The summed E-state index contributed by atoms with van der Waals surface area (Å²) in [6, 6.07) is 16.6. The van der Waals surface area contributed by atoms with Gasteiger partial charge in [-0.3, -0.25) is 4.79 Å². The van der Waals surface area contributed by atoms with Gasteiger partial charge in [-0.2, -0.15) is 0 Å². The molecule has 0 bridgehead atoms. The van der Waals surface area contributed by atoms with Crippen molar-refractivity contribution in [2.75, 3.05) is 13.7 Å². The van der Waals surface area contributed by atoms with Gasteiger partial charge in [0.05, 0.1) is 19.1 Å². The summed E-state index contributed by atoms with van der Waals surface area (Å²) < 4.78 is 13.0. The second kappa shape index (κ2) is 8.32. The van der Waals surface area contributed by atoms with Crippen molar-refractivity contribution in [1.82, 2.24) is 4.57 Å². The normalized spacial score (nSPS) is 12.8. The Labute approximate surface area is 173 Å². The van der Waals surface area contributed by atoms with Crippen LogP contribution in [0.1, 0.15) is 49.9 Å². The zero-order chi connectivity index (χ0) is 21.2. The molecule has 3 rings (SSSR count). The molecular weight excluding hydrogens is 362 g/mol. The summed E-state index contributed by atoms with van der Waals surface area (Å²) in [4.78, 5) is 12.7. The third-order valence-corrected chi connectivity index (χ3v) is 5.86. The lowest BCUT2D eigenvalue weighted by molar-refractivity contribution is -0.153. The number of ether oxygens (including phenoxy) is 2. The number of hydrogen-bond acceptors (Lipinski definition) is 3. The lowest BCUT2D eigenvalue weighted by Gasteiger charge is -2.29. The van der Waals surface area contributed by atoms with Crippen molar-refractivity contribution in [1.29, 1.82) is 0 Å². The van der Waals surface area contributed by atoms with Gasteiger partial charge in [0.25, 0.3) is 0 Å². The van der Waals surface area contributed by atoms with Crippen LogP contribution in [-0.4, -0.2) is 24.3 Å². The average Bonchev–Trinajstić information content (AvgIpc) is 2.97. The molecule has 0 amide bonds. The van der Waals surface area contributed by atoms with Crippen molar-refractivity contribution in [3.63, 3.8) is 0 Å². The van der Waals surface area contributed by atoms with E-state index >= 15 is 0 Å². The predicted molar refractivity (Wildman–Crippen MR) is 118 cm³/mol. The van der Waals surface area contributed by atoms with Crippen molar-refractivity contribution in [3.8, 4) is 5.75 Å². The standard InChI is InChI=1S/C25H31NO3/c1-7-29-24(27)25(3,4)16-21(18-12-14-19(28-6)15-13-18)23-17(2)26(5)22-11-9-8-10-20(22)23/h8-15,21H,7,16H2,1-6H3. The highest BCUT2D eigenvalue weighted by Gasteiger charge is 2.35. The molecule has 1 aromatic heterocycles. The lowest BCUT2D eigenvalue weighted by atomic mass is 9.76. The van der Waals surface area contributed by atoms with E-state index in [1.54, 1.807) is 7.11 Å². The molecule has 0 saturated heterocycles. The summed E-state index contributed by atoms with van der Waals surface area (Å²) in [5, 5.41) is 1.23. The molecule has 1 unspecified atom stereocenters. The molecule has 2 aromatic carbocycles. The quantitative estimate of drug-likeness (QED) is 0.490. The monoisotopic (exact) mass is 393 g/mol. The first-order valence-corrected chi connectivity index (χ1v) is 10.1. The van der Waals surface area contributed by atoms with Gasteiger partial charge < -0.3 is 14.0 Å². The molecule has 4 nitrogen and oxygen atoms in total. The Morgan fingerprint density at radius 1 is 1.10 bits per heavy atom. The summed E-state index contributed by atoms with van der Waals surface area (Å²) in [7, 11) is 3.77. The van der Waals surface area contributed by atoms with Gasteiger partial charge in [0.1, 0.15) is 5.75 Å². The van der Waals surface area contributed by atoms with E-state index in [1.165, 1.54) is 27.7 Å². The Bertz CT molecular complexity index is 999. The Morgan fingerprint density at radius 2 is 1.76 bits per heavy atom. The first-order chi connectivity index (χ1) is 13.8. The third-order valence-electron chi connectivity index (χ3n) is 5.86. The molecule has 0 radical (unpaired) electrons. The van der Waals surface area contributed by atoms with Crippen LogP contribution in [0.3, 0.4) is 0 Å². The fraction of sp³-hybridized carbons (Fsp3) is 0.400. The Kier molecular flexibility index (Phi) is 6.02. The van der Waals surface area contributed by atoms with Crippen LogP contribution >= 0.6 is 0 Å². The average molecular weight is 394 g/mol. The van der Waals surface area contributed by atoms with Gasteiger partial charge in [0.2, 0.25) is 0 Å². The summed E-state index contributed by atoms with van der Waals surface area (Å²) >= 11 is 0. The van der Waals surface area contributed by atoms with Crippen molar-refractivity contribution in [2.24, 2.45) is 12.5 Å². The Hall–Kier alpha value is -2.75. The molecular formula is C25H31NO3. The maximum absolute atomic E-state index is 12.7. The number of esters is 1. The molecule has 0 aliphatic heterocycles. The van der Waals surface area contributed by atoms with Gasteiger partial charge in [-0.15, -0.1) is 0 Å². The first-order valence-electron chi connectivity index (χ1n) is 10.1. The van der Waals surface area contributed by atoms with Gasteiger partial charge in [-0.1, -0.05) is 30.3 Å². The minimum Gasteiger partial charge on any atom is -0.497 e. The van der Waals surface area contributed by atoms with E-state index in [9.17, 15) is 4.79 Å². The topological polar surface area (TPSA) is 40.5 Å². The molecule has 4 heteroatoms. The van der Waals surface area contributed by atoms with Crippen LogP contribution in [0.4, 0.5) is 0 Å². The molecule has 0 aliphatic rings. The summed E-state index contributed by atoms with van der Waals surface area (Å²) in [6.45, 7) is 8.35. The summed E-state index contributed by atoms with van der Waals surface area (Å²) in [6.07, 6.45) is 0.660. The molecule has 0 N–H and O–H groups in total. The number of nitrogens with zero attached hydrogens (tertiary/aromatic N) is 1. The van der Waals surface area contributed by atoms with Gasteiger partial charge in [-0.05, 0) is 63.4 Å². The van der Waals surface area contributed by atoms with Crippen LogP contribution in [0.25, 0.3) is 10.9 Å². The van der Waals surface area contributed by atoms with E-state index in [1.807, 2.05) is 32.9 Å². The van der Waals surface area contributed by atoms with Crippen LogP contribution in [0.15, 0.2) is 48.5 Å². The van der Waals surface area contributed by atoms with Gasteiger partial charge in [0.15, 0.2) is 0 Å². The van der Waals surface area contributed by atoms with Crippen molar-refractivity contribution in [3.05, 3.63) is 65.4 Å². The number of hydrogen-bond donors (Lipinski definition) is 0. The molecule has 1 heterocycles. The molecule has 29 heavy (non-hydrogen) atoms. The van der Waals surface area contributed by atoms with Crippen LogP contribution in [0.5, 0.6) is 5.75 Å². The van der Waals surface area contributed by atoms with E-state index < -0.39 is 5.41 Å². The van der Waals surface area contributed by atoms with E-state index in [0.29, 0.717) is 13.0 Å². The number of fused-ring (bicyclic) bond motifs is 1. The van der Waals surface area contributed by atoms with Gasteiger partial charge >= 0.3 is 5.97 Å². The molecule has 3 aromatic rings. The highest BCUT2D eigenvalue weighted by molar-refractivity contribution is 5.87. The highest BCUT2D eigenvalue weighted by atomic mass is 16.5. The predicted octanol–water partition coefficient (Wildman–Crippen LogP) is 5.61. The highest BCUT2D eigenvalue weighted by Crippen LogP contribution is 2.42. The smallest absolute Gasteiger partial charge is 0.311 e. The third kappa shape index (κ3) is 4.02. The second-order valence-electron chi connectivity index (χ2n) is 8.21. The van der Waals surface area contributed by atoms with E-state index in [4.69, 9.17) is 9.47 Å². The zero-order valence-corrected chi connectivity index (χ0v) is 18.3. The van der Waals surface area contributed by atoms with Crippen molar-refractivity contribution < 1.29 is 14.3 Å². The maximum atomic E-state index is 12.7. The molecule has 1 atom stereocenters.